The number of nitro benzene ring substituents is 1. The van der Waals surface area contributed by atoms with E-state index in [2.05, 4.69) is 5.32 Å². The molecule has 0 heterocycles. The predicted octanol–water partition coefficient (Wildman–Crippen LogP) is 3.70. The topological polar surface area (TPSA) is 81.5 Å². The molecule has 0 aliphatic rings. The lowest BCUT2D eigenvalue weighted by molar-refractivity contribution is -0.385. The molecule has 0 saturated carbocycles. The first-order valence-electron chi connectivity index (χ1n) is 7.31. The Morgan fingerprint density at radius 1 is 1.29 bits per heavy atom. The van der Waals surface area contributed by atoms with Crippen LogP contribution < -0.4 is 10.1 Å². The van der Waals surface area contributed by atoms with Gasteiger partial charge < -0.3 is 10.1 Å². The monoisotopic (exact) mass is 332 g/mol. The number of ether oxygens (including phenoxy) is 1. The summed E-state index contributed by atoms with van der Waals surface area (Å²) in [5.74, 6) is -0.611. The lowest BCUT2D eigenvalue weighted by Gasteiger charge is -2.14. The van der Waals surface area contributed by atoms with Crippen LogP contribution in [0.3, 0.4) is 0 Å². The van der Waals surface area contributed by atoms with Crippen molar-refractivity contribution in [2.24, 2.45) is 5.92 Å². The number of nitro groups is 1. The molecule has 1 atom stereocenters. The highest BCUT2D eigenvalue weighted by atomic mass is 19.1. The van der Waals surface area contributed by atoms with Gasteiger partial charge in [-0.2, -0.15) is 0 Å². The van der Waals surface area contributed by atoms with Crippen molar-refractivity contribution in [2.75, 3.05) is 11.9 Å². The van der Waals surface area contributed by atoms with E-state index in [1.807, 2.05) is 0 Å². The molecule has 2 aromatic rings. The number of anilines is 1. The Morgan fingerprint density at radius 3 is 2.54 bits per heavy atom. The minimum Gasteiger partial charge on any atom is -0.493 e. The van der Waals surface area contributed by atoms with Crippen LogP contribution in [0.4, 0.5) is 15.8 Å². The summed E-state index contributed by atoms with van der Waals surface area (Å²) >= 11 is 0. The fourth-order valence-electron chi connectivity index (χ4n) is 2.03. The number of rotatable bonds is 6. The molecule has 0 radical (unpaired) electrons. The molecule has 0 unspecified atom stereocenters. The number of nitrogens with one attached hydrogen (secondary N) is 1. The van der Waals surface area contributed by atoms with E-state index < -0.39 is 10.8 Å². The number of carbonyl (C=O) groups is 1. The van der Waals surface area contributed by atoms with Gasteiger partial charge in [0, 0.05) is 17.3 Å². The fourth-order valence-corrected chi connectivity index (χ4v) is 2.03. The Hall–Kier alpha value is -2.96. The molecule has 0 aliphatic heterocycles. The van der Waals surface area contributed by atoms with E-state index in [1.165, 1.54) is 36.4 Å². The Labute approximate surface area is 138 Å². The van der Waals surface area contributed by atoms with Crippen LogP contribution in [-0.4, -0.2) is 17.4 Å². The van der Waals surface area contributed by atoms with Crippen LogP contribution in [0.2, 0.25) is 0 Å². The maximum absolute atomic E-state index is 12.8. The Bertz CT molecular complexity index is 747. The van der Waals surface area contributed by atoms with Gasteiger partial charge in [-0.1, -0.05) is 6.92 Å². The van der Waals surface area contributed by atoms with E-state index in [-0.39, 0.29) is 24.0 Å². The van der Waals surface area contributed by atoms with Crippen molar-refractivity contribution in [3.05, 3.63) is 64.0 Å². The normalized spacial score (nSPS) is 11.6. The number of hydrogen-bond donors (Lipinski definition) is 1. The Kier molecular flexibility index (Phi) is 5.47. The average molecular weight is 332 g/mol. The van der Waals surface area contributed by atoms with Crippen LogP contribution in [0.1, 0.15) is 12.5 Å². The van der Waals surface area contributed by atoms with Gasteiger partial charge in [0.05, 0.1) is 17.4 Å². The van der Waals surface area contributed by atoms with Gasteiger partial charge in [0.15, 0.2) is 0 Å². The zero-order valence-corrected chi connectivity index (χ0v) is 13.3. The molecule has 0 aromatic heterocycles. The number of carbonyl (C=O) groups excluding carboxylic acids is 1. The second-order valence-electron chi connectivity index (χ2n) is 5.41. The summed E-state index contributed by atoms with van der Waals surface area (Å²) in [6.07, 6.45) is 0. The number of nitrogens with zero attached hydrogens (tertiary/aromatic N) is 1. The van der Waals surface area contributed by atoms with Crippen LogP contribution in [0.15, 0.2) is 42.5 Å². The second-order valence-corrected chi connectivity index (χ2v) is 5.41. The predicted molar refractivity (Wildman–Crippen MR) is 87.5 cm³/mol. The van der Waals surface area contributed by atoms with Crippen molar-refractivity contribution >= 4 is 17.3 Å². The lowest BCUT2D eigenvalue weighted by atomic mass is 10.1. The zero-order chi connectivity index (χ0) is 17.7. The van der Waals surface area contributed by atoms with Gasteiger partial charge in [-0.05, 0) is 43.3 Å². The summed E-state index contributed by atoms with van der Waals surface area (Å²) in [7, 11) is 0. The van der Waals surface area contributed by atoms with Crippen molar-refractivity contribution in [1.82, 2.24) is 0 Å². The van der Waals surface area contributed by atoms with Crippen LogP contribution >= 0.6 is 0 Å². The van der Waals surface area contributed by atoms with Crippen LogP contribution in [0, 0.1) is 28.8 Å². The number of halogens is 1. The highest BCUT2D eigenvalue weighted by Gasteiger charge is 2.16. The van der Waals surface area contributed by atoms with E-state index in [9.17, 15) is 19.3 Å². The summed E-state index contributed by atoms with van der Waals surface area (Å²) in [4.78, 5) is 22.4. The molecule has 0 spiro atoms. The standard InChI is InChI=1S/C17H17FN2O4/c1-11-9-14(5-8-16(11)20(22)23)19-17(21)12(2)10-24-15-6-3-13(18)4-7-15/h3-9,12H,10H2,1-2H3,(H,19,21)/t12-/m1/s1. The molecule has 0 aliphatic carbocycles. The summed E-state index contributed by atoms with van der Waals surface area (Å²) < 4.78 is 18.2. The fraction of sp³-hybridized carbons (Fsp3) is 0.235. The second kappa shape index (κ2) is 7.54. The van der Waals surface area contributed by atoms with Crippen molar-refractivity contribution in [3.8, 4) is 5.75 Å². The molecule has 0 fully saturated rings. The van der Waals surface area contributed by atoms with Gasteiger partial charge in [0.1, 0.15) is 11.6 Å². The molecule has 1 amide bonds. The van der Waals surface area contributed by atoms with Crippen LogP contribution in [0.25, 0.3) is 0 Å². The minimum absolute atomic E-state index is 0.000639. The summed E-state index contributed by atoms with van der Waals surface area (Å²) in [5.41, 5.74) is 0.949. The van der Waals surface area contributed by atoms with Gasteiger partial charge in [-0.25, -0.2) is 4.39 Å². The highest BCUT2D eigenvalue weighted by molar-refractivity contribution is 5.92. The van der Waals surface area contributed by atoms with E-state index in [4.69, 9.17) is 4.74 Å². The Morgan fingerprint density at radius 2 is 1.96 bits per heavy atom. The van der Waals surface area contributed by atoms with Crippen molar-refractivity contribution in [3.63, 3.8) is 0 Å². The maximum Gasteiger partial charge on any atom is 0.272 e. The van der Waals surface area contributed by atoms with Gasteiger partial charge in [-0.15, -0.1) is 0 Å². The van der Waals surface area contributed by atoms with Crippen molar-refractivity contribution in [2.45, 2.75) is 13.8 Å². The van der Waals surface area contributed by atoms with E-state index >= 15 is 0 Å². The van der Waals surface area contributed by atoms with Gasteiger partial charge in [-0.3, -0.25) is 14.9 Å². The average Bonchev–Trinajstić information content (AvgIpc) is 2.53. The maximum atomic E-state index is 12.8. The molecular formula is C17H17FN2O4. The van der Waals surface area contributed by atoms with E-state index in [1.54, 1.807) is 19.9 Å². The molecule has 24 heavy (non-hydrogen) atoms. The molecule has 7 heteroatoms. The molecule has 0 bridgehead atoms. The largest absolute Gasteiger partial charge is 0.493 e. The SMILES string of the molecule is Cc1cc(NC(=O)[C@H](C)COc2ccc(F)cc2)ccc1[N+](=O)[O-]. The molecule has 6 nitrogen and oxygen atoms in total. The van der Waals surface area contributed by atoms with Gasteiger partial charge in [0.2, 0.25) is 5.91 Å². The first kappa shape index (κ1) is 17.4. The Balaban J connectivity index is 1.92. The van der Waals surface area contributed by atoms with Crippen LogP contribution in [0.5, 0.6) is 5.75 Å². The third-order valence-corrected chi connectivity index (χ3v) is 3.42. The summed E-state index contributed by atoms with van der Waals surface area (Å²) in [6.45, 7) is 3.43. The van der Waals surface area contributed by atoms with Crippen molar-refractivity contribution in [1.29, 1.82) is 0 Å². The number of aryl methyl sites for hydroxylation is 1. The van der Waals surface area contributed by atoms with Crippen LogP contribution in [-0.2, 0) is 4.79 Å². The van der Waals surface area contributed by atoms with E-state index in [0.717, 1.165) is 0 Å². The molecule has 126 valence electrons. The summed E-state index contributed by atoms with van der Waals surface area (Å²) in [6, 6.07) is 9.91. The molecule has 1 N–H and O–H groups in total. The summed E-state index contributed by atoms with van der Waals surface area (Å²) in [5, 5.41) is 13.5. The first-order valence-corrected chi connectivity index (χ1v) is 7.31. The van der Waals surface area contributed by atoms with Gasteiger partial charge in [0.25, 0.3) is 5.69 Å². The lowest BCUT2D eigenvalue weighted by Crippen LogP contribution is -2.25. The quantitative estimate of drug-likeness (QED) is 0.646. The highest BCUT2D eigenvalue weighted by Crippen LogP contribution is 2.22. The first-order chi connectivity index (χ1) is 11.4. The number of hydrogen-bond acceptors (Lipinski definition) is 4. The zero-order valence-electron chi connectivity index (χ0n) is 13.3. The van der Waals surface area contributed by atoms with Crippen molar-refractivity contribution < 1.29 is 18.8 Å². The molecular weight excluding hydrogens is 315 g/mol. The third-order valence-electron chi connectivity index (χ3n) is 3.42. The van der Waals surface area contributed by atoms with E-state index in [0.29, 0.717) is 17.0 Å². The minimum atomic E-state index is -0.472. The smallest absolute Gasteiger partial charge is 0.272 e. The van der Waals surface area contributed by atoms with Gasteiger partial charge >= 0.3 is 0 Å². The molecule has 0 saturated heterocycles. The number of amides is 1. The molecule has 2 rings (SSSR count). The molecule has 2 aromatic carbocycles. The number of benzene rings is 2. The third kappa shape index (κ3) is 4.52.